The van der Waals surface area contributed by atoms with Gasteiger partial charge in [-0.05, 0) is 40.6 Å². The number of hydrogen-bond donors (Lipinski definition) is 2. The van der Waals surface area contributed by atoms with Crippen molar-refractivity contribution in [2.45, 2.75) is 0 Å². The van der Waals surface area contributed by atoms with Gasteiger partial charge in [0.25, 0.3) is 5.69 Å². The van der Waals surface area contributed by atoms with Gasteiger partial charge in [-0.3, -0.25) is 15.5 Å². The molecule has 2 aromatic heterocycles. The quantitative estimate of drug-likeness (QED) is 0.227. The van der Waals surface area contributed by atoms with E-state index in [2.05, 4.69) is 56.7 Å². The Morgan fingerprint density at radius 3 is 2.50 bits per heavy atom. The molecule has 4 rings (SSSR count). The van der Waals surface area contributed by atoms with E-state index in [1.54, 1.807) is 0 Å². The van der Waals surface area contributed by atoms with Gasteiger partial charge in [0.05, 0.1) is 11.1 Å². The molecule has 13 heteroatoms. The van der Waals surface area contributed by atoms with E-state index in [0.717, 1.165) is 10.2 Å². The summed E-state index contributed by atoms with van der Waals surface area (Å²) in [5, 5.41) is 25.8. The second-order valence-corrected chi connectivity index (χ2v) is 7.12. The average molecular weight is 490 g/mol. The minimum Gasteiger partial charge on any atom is -0.337 e. The van der Waals surface area contributed by atoms with Crippen LogP contribution >= 0.6 is 27.5 Å². The molecule has 0 aliphatic heterocycles. The van der Waals surface area contributed by atoms with Gasteiger partial charge in [0.15, 0.2) is 11.6 Å². The molecule has 11 nitrogen and oxygen atoms in total. The summed E-state index contributed by atoms with van der Waals surface area (Å²) in [5.74, 6) is 0.557. The van der Waals surface area contributed by atoms with Crippen LogP contribution in [0.3, 0.4) is 0 Å². The summed E-state index contributed by atoms with van der Waals surface area (Å²) in [5.41, 5.74) is 4.14. The smallest absolute Gasteiger partial charge is 0.270 e. The first-order valence-corrected chi connectivity index (χ1v) is 9.42. The molecular formula is C17H10BrClN8O3. The van der Waals surface area contributed by atoms with E-state index in [1.165, 1.54) is 24.4 Å². The van der Waals surface area contributed by atoms with E-state index >= 15 is 0 Å². The molecule has 150 valence electrons. The zero-order chi connectivity index (χ0) is 21.1. The van der Waals surface area contributed by atoms with Crippen molar-refractivity contribution >= 4 is 68.1 Å². The van der Waals surface area contributed by atoms with E-state index in [9.17, 15) is 10.1 Å². The molecule has 0 aliphatic rings. The maximum Gasteiger partial charge on any atom is 0.270 e. The number of benzene rings is 2. The van der Waals surface area contributed by atoms with E-state index in [-0.39, 0.29) is 22.8 Å². The number of nitrogens with one attached hydrogen (secondary N) is 2. The van der Waals surface area contributed by atoms with Crippen LogP contribution in [0.5, 0.6) is 0 Å². The van der Waals surface area contributed by atoms with E-state index < -0.39 is 4.92 Å². The van der Waals surface area contributed by atoms with E-state index in [1.807, 2.05) is 24.3 Å². The van der Waals surface area contributed by atoms with Crippen LogP contribution in [0.4, 0.5) is 23.0 Å². The van der Waals surface area contributed by atoms with Gasteiger partial charge in [-0.25, -0.2) is 9.61 Å². The molecule has 0 saturated heterocycles. The van der Waals surface area contributed by atoms with Crippen LogP contribution < -0.4 is 10.7 Å². The molecule has 2 N–H and O–H groups in total. The largest absolute Gasteiger partial charge is 0.337 e. The maximum absolute atomic E-state index is 10.9. The lowest BCUT2D eigenvalue weighted by Gasteiger charge is -2.09. The minimum atomic E-state index is -0.516. The van der Waals surface area contributed by atoms with Crippen molar-refractivity contribution in [1.29, 1.82) is 0 Å². The molecule has 30 heavy (non-hydrogen) atoms. The van der Waals surface area contributed by atoms with Gasteiger partial charge < -0.3 is 5.32 Å². The number of fused-ring (bicyclic) bond motifs is 1. The third-order valence-electron chi connectivity index (χ3n) is 3.79. The number of hydrazone groups is 1. The fourth-order valence-corrected chi connectivity index (χ4v) is 2.81. The molecule has 0 spiro atoms. The summed E-state index contributed by atoms with van der Waals surface area (Å²) in [6.07, 6.45) is 1.34. The number of anilines is 3. The average Bonchev–Trinajstić information content (AvgIpc) is 3.18. The summed E-state index contributed by atoms with van der Waals surface area (Å²) >= 11 is 9.46. The highest BCUT2D eigenvalue weighted by atomic mass is 79.9. The molecule has 0 bridgehead atoms. The van der Waals surface area contributed by atoms with Gasteiger partial charge in [-0.2, -0.15) is 10.1 Å². The third kappa shape index (κ3) is 4.34. The second-order valence-electron chi connectivity index (χ2n) is 5.80. The minimum absolute atomic E-state index is 0.103. The van der Waals surface area contributed by atoms with Gasteiger partial charge >= 0.3 is 0 Å². The maximum atomic E-state index is 10.9. The van der Waals surface area contributed by atoms with Gasteiger partial charge in [-0.1, -0.05) is 27.5 Å². The molecule has 0 saturated carbocycles. The highest BCUT2D eigenvalue weighted by molar-refractivity contribution is 9.10. The Labute approximate surface area is 181 Å². The van der Waals surface area contributed by atoms with Crippen molar-refractivity contribution in [2.75, 3.05) is 10.7 Å². The lowest BCUT2D eigenvalue weighted by molar-refractivity contribution is -0.384. The molecule has 0 atom stereocenters. The number of nitrogens with zero attached hydrogens (tertiary/aromatic N) is 6. The number of non-ortho nitro benzene ring substituents is 1. The summed E-state index contributed by atoms with van der Waals surface area (Å²) in [6.45, 7) is 0. The molecule has 0 fully saturated rings. The number of nitro benzene ring substituents is 1. The van der Waals surface area contributed by atoms with Crippen molar-refractivity contribution < 1.29 is 9.55 Å². The standard InChI is InChI=1S/C17H10BrClN8O3/c18-10-1-3-11(4-2-10)21-14-15(23-17-16(22-14)25-30-26-17)24-20-8-9-7-12(27(28)29)5-6-13(9)19/h1-8H,(H,21,22,25)(H,23,24,26). The monoisotopic (exact) mass is 488 g/mol. The molecule has 0 aliphatic carbocycles. The van der Waals surface area contributed by atoms with Gasteiger partial charge in [0, 0.05) is 32.9 Å². The molecule has 2 heterocycles. The Bertz CT molecular complexity index is 1260. The number of hydrogen-bond acceptors (Lipinski definition) is 10. The predicted molar refractivity (Wildman–Crippen MR) is 114 cm³/mol. The van der Waals surface area contributed by atoms with Gasteiger partial charge in [-0.15, -0.1) is 0 Å². The number of nitro groups is 1. The fourth-order valence-electron chi connectivity index (χ4n) is 2.38. The SMILES string of the molecule is O=[N+]([O-])c1ccc(Cl)c(C=NNc2nc3nonc3nc2Nc2ccc(Br)cc2)c1. The fraction of sp³-hybridized carbons (Fsp3) is 0. The Morgan fingerprint density at radius 2 is 1.80 bits per heavy atom. The second kappa shape index (κ2) is 8.39. The van der Waals surface area contributed by atoms with Crippen LogP contribution in [-0.2, 0) is 0 Å². The molecule has 0 radical (unpaired) electrons. The van der Waals surface area contributed by atoms with Crippen molar-refractivity contribution in [2.24, 2.45) is 5.10 Å². The lowest BCUT2D eigenvalue weighted by atomic mass is 10.2. The van der Waals surface area contributed by atoms with Gasteiger partial charge in [0.1, 0.15) is 0 Å². The van der Waals surface area contributed by atoms with Crippen LogP contribution in [0.1, 0.15) is 5.56 Å². The van der Waals surface area contributed by atoms with Crippen molar-refractivity contribution in [3.63, 3.8) is 0 Å². The number of aromatic nitrogens is 4. The van der Waals surface area contributed by atoms with E-state index in [4.69, 9.17) is 11.6 Å². The third-order valence-corrected chi connectivity index (χ3v) is 4.66. The summed E-state index contributed by atoms with van der Waals surface area (Å²) in [6, 6.07) is 11.5. The Hall–Kier alpha value is -3.64. The van der Waals surface area contributed by atoms with Gasteiger partial charge in [0.2, 0.25) is 11.3 Å². The first-order chi connectivity index (χ1) is 14.5. The Morgan fingerprint density at radius 1 is 1.10 bits per heavy atom. The lowest BCUT2D eigenvalue weighted by Crippen LogP contribution is -2.03. The summed E-state index contributed by atoms with van der Waals surface area (Å²) < 4.78 is 5.58. The van der Waals surface area contributed by atoms with Crippen molar-refractivity contribution in [3.8, 4) is 0 Å². The highest BCUT2D eigenvalue weighted by Gasteiger charge is 2.13. The number of halogens is 2. The zero-order valence-corrected chi connectivity index (χ0v) is 17.1. The Kier molecular flexibility index (Phi) is 5.50. The van der Waals surface area contributed by atoms with E-state index in [0.29, 0.717) is 16.4 Å². The van der Waals surface area contributed by atoms with Crippen LogP contribution in [0.2, 0.25) is 5.02 Å². The topological polar surface area (TPSA) is 144 Å². The summed E-state index contributed by atoms with van der Waals surface area (Å²) in [4.78, 5) is 19.0. The normalized spacial score (nSPS) is 11.1. The molecular weight excluding hydrogens is 480 g/mol. The van der Waals surface area contributed by atoms with Crippen molar-refractivity contribution in [3.05, 3.63) is 67.6 Å². The van der Waals surface area contributed by atoms with Crippen LogP contribution in [0, 0.1) is 10.1 Å². The van der Waals surface area contributed by atoms with Crippen molar-refractivity contribution in [1.82, 2.24) is 20.3 Å². The summed E-state index contributed by atoms with van der Waals surface area (Å²) in [7, 11) is 0. The zero-order valence-electron chi connectivity index (χ0n) is 14.8. The highest BCUT2D eigenvalue weighted by Crippen LogP contribution is 2.25. The molecule has 4 aromatic rings. The first-order valence-electron chi connectivity index (χ1n) is 8.25. The molecule has 0 unspecified atom stereocenters. The Balaban J connectivity index is 1.63. The van der Waals surface area contributed by atoms with Crippen LogP contribution in [0.15, 0.2) is 56.7 Å². The molecule has 2 aromatic carbocycles. The van der Waals surface area contributed by atoms with Crippen LogP contribution in [0.25, 0.3) is 11.3 Å². The first kappa shape index (κ1) is 19.7. The predicted octanol–water partition coefficient (Wildman–Crippen LogP) is 4.53. The number of rotatable bonds is 6. The molecule has 0 amide bonds. The van der Waals surface area contributed by atoms with Crippen LogP contribution in [-0.4, -0.2) is 31.4 Å².